The summed E-state index contributed by atoms with van der Waals surface area (Å²) < 4.78 is 11.9. The summed E-state index contributed by atoms with van der Waals surface area (Å²) in [5.41, 5.74) is -0.346. The summed E-state index contributed by atoms with van der Waals surface area (Å²) in [7, 11) is 0. The number of nitrogens with zero attached hydrogens (tertiary/aromatic N) is 1. The number of imide groups is 1. The van der Waals surface area contributed by atoms with Crippen LogP contribution < -0.4 is 4.74 Å². The Bertz CT molecular complexity index is 906. The lowest BCUT2D eigenvalue weighted by molar-refractivity contribution is -0.193. The molecule has 0 aromatic heterocycles. The Labute approximate surface area is 189 Å². The van der Waals surface area contributed by atoms with Crippen LogP contribution in [0.4, 0.5) is 0 Å². The third-order valence-corrected chi connectivity index (χ3v) is 4.40. The van der Waals surface area contributed by atoms with Gasteiger partial charge in [0, 0.05) is 4.47 Å². The number of hydroxylamine groups is 2. The number of amides is 2. The van der Waals surface area contributed by atoms with Crippen molar-refractivity contribution in [3.63, 3.8) is 0 Å². The van der Waals surface area contributed by atoms with E-state index in [1.54, 1.807) is 57.2 Å². The molecule has 160 valence electrons. The third-order valence-electron chi connectivity index (χ3n) is 3.87. The van der Waals surface area contributed by atoms with Crippen LogP contribution in [-0.2, 0) is 14.4 Å². The smallest absolute Gasteiger partial charge is 0.342 e. The number of carbonyl (C=O) groups is 3. The van der Waals surface area contributed by atoms with Gasteiger partial charge in [-0.15, -0.1) is 5.06 Å². The second-order valence-corrected chi connectivity index (χ2v) is 8.26. The Balaban J connectivity index is 0.00000320. The molecule has 1 aliphatic rings. The Morgan fingerprint density at radius 1 is 1.00 bits per heavy atom. The van der Waals surface area contributed by atoms with Gasteiger partial charge in [0.1, 0.15) is 18.0 Å². The lowest BCUT2D eigenvalue weighted by Crippen LogP contribution is -2.43. The minimum absolute atomic E-state index is 0. The molecule has 2 aromatic rings. The fourth-order valence-electron chi connectivity index (χ4n) is 2.60. The van der Waals surface area contributed by atoms with Crippen LogP contribution >= 0.6 is 29.4 Å². The number of ether oxygens (including phenoxy) is 2. The highest BCUT2D eigenvalue weighted by molar-refractivity contribution is 9.10. The van der Waals surface area contributed by atoms with Crippen LogP contribution in [0.1, 0.15) is 41.5 Å². The van der Waals surface area contributed by atoms with Gasteiger partial charge in [0.25, 0.3) is 11.8 Å². The number of esters is 1. The van der Waals surface area contributed by atoms with Gasteiger partial charge in [-0.3, -0.25) is 9.59 Å². The quantitative estimate of drug-likeness (QED) is 0.446. The average molecular weight is 496 g/mol. The minimum atomic E-state index is -1.32. The number of fused-ring (bicyclic) bond motifs is 1. The van der Waals surface area contributed by atoms with Gasteiger partial charge in [-0.25, -0.2) is 9.63 Å². The summed E-state index contributed by atoms with van der Waals surface area (Å²) in [4.78, 5) is 43.2. The molecule has 0 unspecified atom stereocenters. The number of hydrogen-bond acceptors (Lipinski definition) is 6. The molecule has 1 aliphatic heterocycles. The summed E-state index contributed by atoms with van der Waals surface area (Å²) in [5, 5.41) is 0.587. The highest BCUT2D eigenvalue weighted by Gasteiger charge is 2.40. The molecule has 2 amide bonds. The first-order valence-corrected chi connectivity index (χ1v) is 9.71. The highest BCUT2D eigenvalue weighted by Crippen LogP contribution is 2.24. The first-order chi connectivity index (χ1) is 13.7. The molecular formula is C21H22BrNO6S. The summed E-state index contributed by atoms with van der Waals surface area (Å²) >= 11 is 3.33. The van der Waals surface area contributed by atoms with Crippen molar-refractivity contribution in [3.05, 3.63) is 64.1 Å². The van der Waals surface area contributed by atoms with Gasteiger partial charge in [-0.05, 0) is 57.2 Å². The molecule has 0 radical (unpaired) electrons. The number of hydrogen-bond donors (Lipinski definition) is 0. The van der Waals surface area contributed by atoms with E-state index in [0.717, 1.165) is 4.47 Å². The predicted molar refractivity (Wildman–Crippen MR) is 118 cm³/mol. The maximum atomic E-state index is 12.6. The fraction of sp³-hybridized carbons (Fsp3) is 0.286. The zero-order chi connectivity index (χ0) is 21.2. The van der Waals surface area contributed by atoms with E-state index in [-0.39, 0.29) is 31.2 Å². The van der Waals surface area contributed by atoms with Crippen molar-refractivity contribution in [1.29, 1.82) is 0 Å². The first kappa shape index (κ1) is 23.9. The van der Waals surface area contributed by atoms with Crippen LogP contribution in [-0.4, -0.2) is 41.2 Å². The van der Waals surface area contributed by atoms with Gasteiger partial charge in [-0.1, -0.05) is 28.1 Å². The normalized spacial score (nSPS) is 14.1. The number of benzene rings is 2. The lowest BCUT2D eigenvalue weighted by Gasteiger charge is -2.26. The predicted octanol–water partition coefficient (Wildman–Crippen LogP) is 3.88. The SMILES string of the molecule is CC(C)(C)OC(=O)[C@H](COc1ccc(Br)cc1)ON1C(=O)c2ccccc2C1=O.S. The third kappa shape index (κ3) is 5.62. The Morgan fingerprint density at radius 2 is 1.53 bits per heavy atom. The van der Waals surface area contributed by atoms with Crippen LogP contribution in [0.3, 0.4) is 0 Å². The lowest BCUT2D eigenvalue weighted by atomic mass is 10.1. The van der Waals surface area contributed by atoms with Gasteiger partial charge in [0.05, 0.1) is 11.1 Å². The summed E-state index contributed by atoms with van der Waals surface area (Å²) in [5.74, 6) is -1.52. The zero-order valence-corrected chi connectivity index (χ0v) is 19.3. The molecule has 9 heteroatoms. The van der Waals surface area contributed by atoms with E-state index in [4.69, 9.17) is 14.3 Å². The average Bonchev–Trinajstić information content (AvgIpc) is 2.90. The van der Waals surface area contributed by atoms with Gasteiger partial charge in [-0.2, -0.15) is 13.5 Å². The molecule has 0 saturated carbocycles. The maximum absolute atomic E-state index is 12.6. The molecule has 0 saturated heterocycles. The van der Waals surface area contributed by atoms with Crippen molar-refractivity contribution in [2.75, 3.05) is 6.61 Å². The largest absolute Gasteiger partial charge is 0.490 e. The Kier molecular flexibility index (Phi) is 7.68. The monoisotopic (exact) mass is 495 g/mol. The van der Waals surface area contributed by atoms with Crippen molar-refractivity contribution in [3.8, 4) is 5.75 Å². The van der Waals surface area contributed by atoms with Crippen molar-refractivity contribution in [1.82, 2.24) is 5.06 Å². The van der Waals surface area contributed by atoms with E-state index in [1.807, 2.05) is 0 Å². The van der Waals surface area contributed by atoms with Crippen LogP contribution in [0.2, 0.25) is 0 Å². The van der Waals surface area contributed by atoms with E-state index >= 15 is 0 Å². The van der Waals surface area contributed by atoms with Crippen LogP contribution in [0.15, 0.2) is 53.0 Å². The molecule has 3 rings (SSSR count). The minimum Gasteiger partial charge on any atom is -0.490 e. The van der Waals surface area contributed by atoms with Crippen molar-refractivity contribution >= 4 is 47.2 Å². The standard InChI is InChI=1S/C21H20BrNO6.H2S/c1-21(2,3)28-20(26)17(12-27-14-10-8-13(22)9-11-14)29-23-18(24)15-6-4-5-7-16(15)19(23)25;/h4-11,17H,12H2,1-3H3;1H2/t17-;/m0./s1. The summed E-state index contributed by atoms with van der Waals surface area (Å²) in [6, 6.07) is 13.3. The Morgan fingerprint density at radius 3 is 2.03 bits per heavy atom. The van der Waals surface area contributed by atoms with Crippen molar-refractivity contribution < 1.29 is 28.7 Å². The second kappa shape index (κ2) is 9.63. The van der Waals surface area contributed by atoms with Crippen LogP contribution in [0.5, 0.6) is 5.75 Å². The van der Waals surface area contributed by atoms with E-state index in [1.165, 1.54) is 12.1 Å². The van der Waals surface area contributed by atoms with Crippen LogP contribution in [0.25, 0.3) is 0 Å². The van der Waals surface area contributed by atoms with E-state index in [9.17, 15) is 14.4 Å². The van der Waals surface area contributed by atoms with Gasteiger partial charge < -0.3 is 9.47 Å². The molecule has 0 N–H and O–H groups in total. The van der Waals surface area contributed by atoms with E-state index in [2.05, 4.69) is 15.9 Å². The summed E-state index contributed by atoms with van der Waals surface area (Å²) in [6.07, 6.45) is -1.32. The molecule has 1 heterocycles. The number of carbonyl (C=O) groups excluding carboxylic acids is 3. The zero-order valence-electron chi connectivity index (χ0n) is 16.7. The molecule has 0 aliphatic carbocycles. The van der Waals surface area contributed by atoms with Gasteiger partial charge in [0.15, 0.2) is 0 Å². The maximum Gasteiger partial charge on any atom is 0.342 e. The van der Waals surface area contributed by atoms with E-state index < -0.39 is 29.5 Å². The molecule has 2 aromatic carbocycles. The number of halogens is 1. The highest BCUT2D eigenvalue weighted by atomic mass is 79.9. The van der Waals surface area contributed by atoms with Gasteiger partial charge >= 0.3 is 5.97 Å². The molecule has 7 nitrogen and oxygen atoms in total. The molecular weight excluding hydrogens is 474 g/mol. The van der Waals surface area contributed by atoms with Crippen molar-refractivity contribution in [2.45, 2.75) is 32.5 Å². The second-order valence-electron chi connectivity index (χ2n) is 7.34. The fourth-order valence-corrected chi connectivity index (χ4v) is 2.87. The topological polar surface area (TPSA) is 82.1 Å². The molecule has 0 fully saturated rings. The Hall–Kier alpha value is -2.36. The first-order valence-electron chi connectivity index (χ1n) is 8.91. The van der Waals surface area contributed by atoms with Crippen LogP contribution in [0, 0.1) is 0 Å². The molecule has 1 atom stereocenters. The summed E-state index contributed by atoms with van der Waals surface area (Å²) in [6.45, 7) is 4.88. The molecule has 0 bridgehead atoms. The number of rotatable bonds is 6. The van der Waals surface area contributed by atoms with Crippen molar-refractivity contribution in [2.24, 2.45) is 0 Å². The molecule has 30 heavy (non-hydrogen) atoms. The van der Waals surface area contributed by atoms with Gasteiger partial charge in [0.2, 0.25) is 6.10 Å². The van der Waals surface area contributed by atoms with E-state index in [0.29, 0.717) is 10.8 Å². The molecule has 0 spiro atoms.